The topological polar surface area (TPSA) is 98.3 Å². The second-order valence-electron chi connectivity index (χ2n) is 5.11. The highest BCUT2D eigenvalue weighted by Gasteiger charge is 2.46. The molecule has 1 saturated carbocycles. The monoisotopic (exact) mass is 251 g/mol. The van der Waals surface area contributed by atoms with Crippen LogP contribution in [0.4, 0.5) is 17.1 Å². The molecular formula is C11H13N3O4. The average Bonchev–Trinajstić information content (AvgIpc) is 2.85. The summed E-state index contributed by atoms with van der Waals surface area (Å²) >= 11 is 0. The smallest absolute Gasteiger partial charge is 0.299 e. The maximum atomic E-state index is 10.9. The summed E-state index contributed by atoms with van der Waals surface area (Å²) < 4.78 is 0. The number of anilines is 1. The molecule has 1 aliphatic carbocycles. The Morgan fingerprint density at radius 2 is 1.89 bits per heavy atom. The SMILES string of the molecule is CC1(C)CC1Nc1ccc([N+](=O)[O-])cc1[N+](=O)[O-]. The van der Waals surface area contributed by atoms with Crippen LogP contribution in [0, 0.1) is 25.6 Å². The maximum absolute atomic E-state index is 10.9. The quantitative estimate of drug-likeness (QED) is 0.655. The highest BCUT2D eigenvalue weighted by Crippen LogP contribution is 2.47. The van der Waals surface area contributed by atoms with Crippen molar-refractivity contribution in [1.82, 2.24) is 0 Å². The Morgan fingerprint density at radius 1 is 1.28 bits per heavy atom. The second-order valence-corrected chi connectivity index (χ2v) is 5.11. The summed E-state index contributed by atoms with van der Waals surface area (Å²) in [6.45, 7) is 4.11. The number of hydrogen-bond donors (Lipinski definition) is 1. The van der Waals surface area contributed by atoms with Crippen LogP contribution in [0.1, 0.15) is 20.3 Å². The molecule has 1 atom stereocenters. The Bertz CT molecular complexity index is 527. The molecule has 0 heterocycles. The molecular weight excluding hydrogens is 238 g/mol. The molecule has 0 bridgehead atoms. The third-order valence-corrected chi connectivity index (χ3v) is 3.23. The van der Waals surface area contributed by atoms with Crippen molar-refractivity contribution in [3.8, 4) is 0 Å². The largest absolute Gasteiger partial charge is 0.376 e. The minimum atomic E-state index is -0.641. The van der Waals surface area contributed by atoms with Gasteiger partial charge in [-0.1, -0.05) is 13.8 Å². The number of nitro groups is 2. The lowest BCUT2D eigenvalue weighted by atomic mass is 10.2. The van der Waals surface area contributed by atoms with Gasteiger partial charge in [0, 0.05) is 12.1 Å². The summed E-state index contributed by atoms with van der Waals surface area (Å²) in [5.74, 6) is 0. The van der Waals surface area contributed by atoms with Crippen LogP contribution >= 0.6 is 0 Å². The first-order valence-electron chi connectivity index (χ1n) is 5.50. The Labute approximate surface area is 103 Å². The van der Waals surface area contributed by atoms with Crippen LogP contribution in [0.3, 0.4) is 0 Å². The molecule has 1 N–H and O–H groups in total. The zero-order valence-corrected chi connectivity index (χ0v) is 10.0. The molecule has 0 spiro atoms. The molecule has 0 aliphatic heterocycles. The van der Waals surface area contributed by atoms with E-state index in [2.05, 4.69) is 19.2 Å². The number of benzene rings is 1. The fraction of sp³-hybridized carbons (Fsp3) is 0.455. The van der Waals surface area contributed by atoms with Crippen LogP contribution in [0.2, 0.25) is 0 Å². The fourth-order valence-electron chi connectivity index (χ4n) is 1.81. The highest BCUT2D eigenvalue weighted by atomic mass is 16.6. The minimum Gasteiger partial charge on any atom is -0.376 e. The van der Waals surface area contributed by atoms with Crippen molar-refractivity contribution < 1.29 is 9.85 Å². The molecule has 1 aromatic carbocycles. The average molecular weight is 251 g/mol. The van der Waals surface area contributed by atoms with Gasteiger partial charge < -0.3 is 5.32 Å². The van der Waals surface area contributed by atoms with Gasteiger partial charge in [-0.3, -0.25) is 20.2 Å². The van der Waals surface area contributed by atoms with E-state index in [4.69, 9.17) is 0 Å². The predicted octanol–water partition coefficient (Wildman–Crippen LogP) is 2.71. The van der Waals surface area contributed by atoms with Crippen molar-refractivity contribution in [2.75, 3.05) is 5.32 Å². The number of non-ortho nitro benzene ring substituents is 1. The van der Waals surface area contributed by atoms with E-state index in [0.717, 1.165) is 12.5 Å². The van der Waals surface area contributed by atoms with Crippen LogP contribution in [-0.4, -0.2) is 15.9 Å². The van der Waals surface area contributed by atoms with Gasteiger partial charge in [-0.15, -0.1) is 0 Å². The standard InChI is InChI=1S/C11H13N3O4/c1-11(2)6-10(11)12-8-4-3-7(13(15)16)5-9(8)14(17)18/h3-5,10,12H,6H2,1-2H3. The Hall–Kier alpha value is -2.18. The van der Waals surface area contributed by atoms with Crippen molar-refractivity contribution >= 4 is 17.1 Å². The first-order chi connectivity index (χ1) is 8.31. The zero-order valence-electron chi connectivity index (χ0n) is 10.0. The molecule has 0 radical (unpaired) electrons. The summed E-state index contributed by atoms with van der Waals surface area (Å²) in [4.78, 5) is 20.2. The summed E-state index contributed by atoms with van der Waals surface area (Å²) in [5.41, 5.74) is -0.0780. The van der Waals surface area contributed by atoms with Gasteiger partial charge in [0.2, 0.25) is 0 Å². The van der Waals surface area contributed by atoms with E-state index in [1.54, 1.807) is 0 Å². The number of nitrogens with zero attached hydrogens (tertiary/aromatic N) is 2. The lowest BCUT2D eigenvalue weighted by Crippen LogP contribution is -2.10. The van der Waals surface area contributed by atoms with Gasteiger partial charge in [0.05, 0.1) is 15.9 Å². The summed E-state index contributed by atoms with van der Waals surface area (Å²) in [5, 5.41) is 24.5. The first kappa shape index (κ1) is 12.3. The fourth-order valence-corrected chi connectivity index (χ4v) is 1.81. The first-order valence-corrected chi connectivity index (χ1v) is 5.50. The van der Waals surface area contributed by atoms with Gasteiger partial charge >= 0.3 is 0 Å². The highest BCUT2D eigenvalue weighted by molar-refractivity contribution is 5.66. The summed E-state index contributed by atoms with van der Waals surface area (Å²) in [7, 11) is 0. The van der Waals surface area contributed by atoms with Crippen molar-refractivity contribution in [1.29, 1.82) is 0 Å². The molecule has 1 aromatic rings. The van der Waals surface area contributed by atoms with E-state index < -0.39 is 9.85 Å². The molecule has 18 heavy (non-hydrogen) atoms. The molecule has 1 unspecified atom stereocenters. The molecule has 0 amide bonds. The minimum absolute atomic E-state index is 0.121. The molecule has 96 valence electrons. The van der Waals surface area contributed by atoms with E-state index >= 15 is 0 Å². The molecule has 7 nitrogen and oxygen atoms in total. The van der Waals surface area contributed by atoms with Crippen molar-refractivity contribution in [3.63, 3.8) is 0 Å². The van der Waals surface area contributed by atoms with E-state index in [-0.39, 0.29) is 22.8 Å². The van der Waals surface area contributed by atoms with E-state index in [9.17, 15) is 20.2 Å². The summed E-state index contributed by atoms with van der Waals surface area (Å²) in [6, 6.07) is 3.82. The third kappa shape index (κ3) is 2.24. The predicted molar refractivity (Wildman–Crippen MR) is 65.6 cm³/mol. The van der Waals surface area contributed by atoms with Gasteiger partial charge in [-0.05, 0) is 17.9 Å². The Morgan fingerprint density at radius 3 is 2.33 bits per heavy atom. The Kier molecular flexibility index (Phi) is 2.68. The molecule has 1 aliphatic rings. The lowest BCUT2D eigenvalue weighted by molar-refractivity contribution is -0.393. The van der Waals surface area contributed by atoms with Gasteiger partial charge in [-0.2, -0.15) is 0 Å². The number of hydrogen-bond acceptors (Lipinski definition) is 5. The number of rotatable bonds is 4. The normalized spacial score (nSPS) is 20.2. The van der Waals surface area contributed by atoms with E-state index in [0.29, 0.717) is 5.69 Å². The van der Waals surface area contributed by atoms with Gasteiger partial charge in [0.25, 0.3) is 11.4 Å². The third-order valence-electron chi connectivity index (χ3n) is 3.23. The molecule has 0 aromatic heterocycles. The van der Waals surface area contributed by atoms with Crippen LogP contribution in [0.15, 0.2) is 18.2 Å². The second kappa shape index (κ2) is 3.94. The van der Waals surface area contributed by atoms with Crippen molar-refractivity contribution in [2.24, 2.45) is 5.41 Å². The summed E-state index contributed by atoms with van der Waals surface area (Å²) in [6.07, 6.45) is 0.932. The molecule has 0 saturated heterocycles. The maximum Gasteiger partial charge on any atom is 0.299 e. The zero-order chi connectivity index (χ0) is 13.5. The van der Waals surface area contributed by atoms with Gasteiger partial charge in [-0.25, -0.2) is 0 Å². The molecule has 7 heteroatoms. The van der Waals surface area contributed by atoms with E-state index in [1.165, 1.54) is 12.1 Å². The lowest BCUT2D eigenvalue weighted by Gasteiger charge is -2.08. The van der Waals surface area contributed by atoms with Gasteiger partial charge in [0.1, 0.15) is 5.69 Å². The van der Waals surface area contributed by atoms with Crippen LogP contribution in [-0.2, 0) is 0 Å². The number of nitrogens with one attached hydrogen (secondary N) is 1. The van der Waals surface area contributed by atoms with Crippen LogP contribution < -0.4 is 5.32 Å². The van der Waals surface area contributed by atoms with E-state index in [1.807, 2.05) is 0 Å². The van der Waals surface area contributed by atoms with Crippen molar-refractivity contribution in [3.05, 3.63) is 38.4 Å². The van der Waals surface area contributed by atoms with Crippen LogP contribution in [0.5, 0.6) is 0 Å². The Balaban J connectivity index is 2.29. The molecule has 2 rings (SSSR count). The molecule has 1 fully saturated rings. The number of nitro benzene ring substituents is 2. The van der Waals surface area contributed by atoms with Gasteiger partial charge in [0.15, 0.2) is 0 Å². The van der Waals surface area contributed by atoms with Crippen LogP contribution in [0.25, 0.3) is 0 Å². The van der Waals surface area contributed by atoms with Crippen molar-refractivity contribution in [2.45, 2.75) is 26.3 Å².